The van der Waals surface area contributed by atoms with Crippen molar-refractivity contribution in [3.63, 3.8) is 0 Å². The second-order valence-corrected chi connectivity index (χ2v) is 3.41. The molecule has 1 heterocycles. The van der Waals surface area contributed by atoms with Crippen molar-refractivity contribution in [2.45, 2.75) is 13.0 Å². The van der Waals surface area contributed by atoms with E-state index in [9.17, 15) is 4.79 Å². The Morgan fingerprint density at radius 1 is 1.38 bits per heavy atom. The molecule has 1 aromatic heterocycles. The normalized spacial score (nSPS) is 11.8. The Morgan fingerprint density at radius 3 is 2.88 bits per heavy atom. The minimum Gasteiger partial charge on any atom is -0.241 e. The van der Waals surface area contributed by atoms with Gasteiger partial charge < -0.3 is 0 Å². The van der Waals surface area contributed by atoms with Crippen LogP contribution >= 0.6 is 0 Å². The minimum atomic E-state index is -0.210. The van der Waals surface area contributed by atoms with E-state index in [1.165, 1.54) is 0 Å². The van der Waals surface area contributed by atoms with Crippen LogP contribution < -0.4 is 0 Å². The third kappa shape index (κ3) is 1.92. The van der Waals surface area contributed by atoms with Gasteiger partial charge in [0.15, 0.2) is 0 Å². The van der Waals surface area contributed by atoms with Crippen LogP contribution in [-0.2, 0) is 4.79 Å². The average molecular weight is 213 g/mol. The molecule has 16 heavy (non-hydrogen) atoms. The summed E-state index contributed by atoms with van der Waals surface area (Å²) in [4.78, 5) is 14.0. The van der Waals surface area contributed by atoms with Crippen LogP contribution in [0.25, 0.3) is 5.69 Å². The number of para-hydroxylation sites is 1. The zero-order chi connectivity index (χ0) is 11.4. The number of isocyanates is 1. The van der Waals surface area contributed by atoms with Crippen molar-refractivity contribution in [1.29, 1.82) is 0 Å². The van der Waals surface area contributed by atoms with E-state index >= 15 is 0 Å². The number of carbonyl (C=O) groups excluding carboxylic acids is 1. The van der Waals surface area contributed by atoms with Crippen molar-refractivity contribution in [1.82, 2.24) is 9.78 Å². The molecule has 0 fully saturated rings. The van der Waals surface area contributed by atoms with Gasteiger partial charge in [-0.2, -0.15) is 10.1 Å². The molecule has 0 saturated heterocycles. The molecule has 4 nitrogen and oxygen atoms in total. The highest BCUT2D eigenvalue weighted by atomic mass is 16.1. The lowest BCUT2D eigenvalue weighted by Gasteiger charge is -2.11. The molecule has 0 spiro atoms. The molecular weight excluding hydrogens is 202 g/mol. The Morgan fingerprint density at radius 2 is 2.19 bits per heavy atom. The van der Waals surface area contributed by atoms with Crippen LogP contribution in [0.15, 0.2) is 47.7 Å². The van der Waals surface area contributed by atoms with Crippen molar-refractivity contribution < 1.29 is 4.79 Å². The highest BCUT2D eigenvalue weighted by Gasteiger charge is 2.10. The van der Waals surface area contributed by atoms with Crippen LogP contribution in [0.5, 0.6) is 0 Å². The van der Waals surface area contributed by atoms with Gasteiger partial charge in [0.05, 0.1) is 11.7 Å². The zero-order valence-corrected chi connectivity index (χ0v) is 8.87. The van der Waals surface area contributed by atoms with Crippen molar-refractivity contribution in [3.8, 4) is 5.69 Å². The third-order valence-corrected chi connectivity index (χ3v) is 2.38. The van der Waals surface area contributed by atoms with Gasteiger partial charge in [0.1, 0.15) is 0 Å². The summed E-state index contributed by atoms with van der Waals surface area (Å²) in [6.45, 7) is 1.85. The maximum atomic E-state index is 10.3. The number of nitrogens with zero attached hydrogens (tertiary/aromatic N) is 3. The number of rotatable bonds is 3. The molecule has 0 saturated carbocycles. The first kappa shape index (κ1) is 10.3. The molecule has 0 N–H and O–H groups in total. The topological polar surface area (TPSA) is 47.2 Å². The Labute approximate surface area is 93.2 Å². The quantitative estimate of drug-likeness (QED) is 0.580. The Balaban J connectivity index is 2.50. The van der Waals surface area contributed by atoms with Gasteiger partial charge in [0.2, 0.25) is 6.08 Å². The summed E-state index contributed by atoms with van der Waals surface area (Å²) in [6.07, 6.45) is 5.15. The van der Waals surface area contributed by atoms with Gasteiger partial charge in [-0.1, -0.05) is 18.2 Å². The lowest BCUT2D eigenvalue weighted by molar-refractivity contribution is 0.559. The summed E-state index contributed by atoms with van der Waals surface area (Å²) in [5, 5.41) is 4.17. The van der Waals surface area contributed by atoms with Gasteiger partial charge in [-0.25, -0.2) is 9.48 Å². The largest absolute Gasteiger partial charge is 0.241 e. The van der Waals surface area contributed by atoms with Gasteiger partial charge in [-0.05, 0) is 19.1 Å². The first-order valence-electron chi connectivity index (χ1n) is 4.99. The second-order valence-electron chi connectivity index (χ2n) is 3.41. The number of hydrogen-bond acceptors (Lipinski definition) is 3. The van der Waals surface area contributed by atoms with E-state index in [4.69, 9.17) is 0 Å². The highest BCUT2D eigenvalue weighted by molar-refractivity contribution is 5.44. The molecule has 0 radical (unpaired) electrons. The monoisotopic (exact) mass is 213 g/mol. The summed E-state index contributed by atoms with van der Waals surface area (Å²) in [5.74, 6) is 0. The van der Waals surface area contributed by atoms with Crippen LogP contribution in [-0.4, -0.2) is 15.9 Å². The Kier molecular flexibility index (Phi) is 2.94. The van der Waals surface area contributed by atoms with E-state index in [1.807, 2.05) is 43.5 Å². The summed E-state index contributed by atoms with van der Waals surface area (Å²) in [6, 6.07) is 9.36. The van der Waals surface area contributed by atoms with E-state index in [1.54, 1.807) is 17.0 Å². The van der Waals surface area contributed by atoms with E-state index in [0.717, 1.165) is 11.3 Å². The molecule has 0 aliphatic carbocycles. The van der Waals surface area contributed by atoms with Crippen LogP contribution in [0.3, 0.4) is 0 Å². The van der Waals surface area contributed by atoms with Gasteiger partial charge in [-0.3, -0.25) is 0 Å². The maximum Gasteiger partial charge on any atom is 0.235 e. The fourth-order valence-electron chi connectivity index (χ4n) is 1.61. The molecule has 2 rings (SSSR count). The Hall–Kier alpha value is -2.19. The molecule has 4 heteroatoms. The van der Waals surface area contributed by atoms with E-state index in [-0.39, 0.29) is 6.04 Å². The molecule has 1 atom stereocenters. The molecule has 0 aliphatic rings. The predicted molar refractivity (Wildman–Crippen MR) is 60.1 cm³/mol. The SMILES string of the molecule is CC(N=C=O)c1ccccc1-n1cccn1. The molecule has 0 aliphatic heterocycles. The lowest BCUT2D eigenvalue weighted by Crippen LogP contribution is -2.01. The number of aliphatic imine (C=N–C) groups is 1. The van der Waals surface area contributed by atoms with Crippen LogP contribution in [0, 0.1) is 0 Å². The third-order valence-electron chi connectivity index (χ3n) is 2.38. The average Bonchev–Trinajstić information content (AvgIpc) is 2.83. The van der Waals surface area contributed by atoms with Crippen molar-refractivity contribution in [3.05, 3.63) is 48.3 Å². The van der Waals surface area contributed by atoms with Crippen LogP contribution in [0.4, 0.5) is 0 Å². The molecule has 80 valence electrons. The predicted octanol–water partition coefficient (Wildman–Crippen LogP) is 2.27. The maximum absolute atomic E-state index is 10.3. The molecule has 0 amide bonds. The number of benzene rings is 1. The molecule has 1 aromatic carbocycles. The second kappa shape index (κ2) is 4.55. The van der Waals surface area contributed by atoms with Gasteiger partial charge in [-0.15, -0.1) is 0 Å². The fraction of sp³-hybridized carbons (Fsp3) is 0.167. The highest BCUT2D eigenvalue weighted by Crippen LogP contribution is 2.23. The van der Waals surface area contributed by atoms with E-state index in [0.29, 0.717) is 0 Å². The first-order valence-corrected chi connectivity index (χ1v) is 4.99. The summed E-state index contributed by atoms with van der Waals surface area (Å²) in [7, 11) is 0. The lowest BCUT2D eigenvalue weighted by atomic mass is 10.1. The smallest absolute Gasteiger partial charge is 0.235 e. The van der Waals surface area contributed by atoms with Crippen molar-refractivity contribution >= 4 is 6.08 Å². The van der Waals surface area contributed by atoms with E-state index < -0.39 is 0 Å². The standard InChI is InChI=1S/C12H11N3O/c1-10(13-9-16)11-5-2-3-6-12(11)15-8-4-7-14-15/h2-8,10H,1H3. The molecule has 2 aromatic rings. The van der Waals surface area contributed by atoms with Gasteiger partial charge in [0.25, 0.3) is 0 Å². The molecule has 0 bridgehead atoms. The van der Waals surface area contributed by atoms with E-state index in [2.05, 4.69) is 10.1 Å². The summed E-state index contributed by atoms with van der Waals surface area (Å²) >= 11 is 0. The molecular formula is C12H11N3O. The van der Waals surface area contributed by atoms with Crippen LogP contribution in [0.1, 0.15) is 18.5 Å². The molecule has 1 unspecified atom stereocenters. The number of aromatic nitrogens is 2. The van der Waals surface area contributed by atoms with Crippen molar-refractivity contribution in [2.75, 3.05) is 0 Å². The van der Waals surface area contributed by atoms with Gasteiger partial charge >= 0.3 is 0 Å². The zero-order valence-electron chi connectivity index (χ0n) is 8.87. The van der Waals surface area contributed by atoms with Crippen molar-refractivity contribution in [2.24, 2.45) is 4.99 Å². The summed E-state index contributed by atoms with van der Waals surface area (Å²) < 4.78 is 1.76. The number of hydrogen-bond donors (Lipinski definition) is 0. The van der Waals surface area contributed by atoms with Crippen LogP contribution in [0.2, 0.25) is 0 Å². The first-order chi connectivity index (χ1) is 7.83. The minimum absolute atomic E-state index is 0.210. The fourth-order valence-corrected chi connectivity index (χ4v) is 1.61. The van der Waals surface area contributed by atoms with Gasteiger partial charge in [0, 0.05) is 18.0 Å². The Bertz CT molecular complexity index is 513. The summed E-state index contributed by atoms with van der Waals surface area (Å²) in [5.41, 5.74) is 1.88.